The van der Waals surface area contributed by atoms with E-state index in [4.69, 9.17) is 5.73 Å². The lowest BCUT2D eigenvalue weighted by atomic mass is 10.1. The number of carbonyl (C=O) groups excluding carboxylic acids is 1. The van der Waals surface area contributed by atoms with E-state index in [0.29, 0.717) is 12.1 Å². The van der Waals surface area contributed by atoms with Crippen molar-refractivity contribution in [2.24, 2.45) is 5.73 Å². The first-order valence-electron chi connectivity index (χ1n) is 5.68. The molecular weight excluding hydrogens is 222 g/mol. The van der Waals surface area contributed by atoms with Crippen molar-refractivity contribution < 1.29 is 4.79 Å². The molecule has 2 aromatic rings. The van der Waals surface area contributed by atoms with E-state index in [9.17, 15) is 4.79 Å². The standard InChI is InChI=1S/C16H13NO/c17-11-14-7-5-13(6-8-14)9-10-15-3-1-2-4-16(15)12-18/h1-8,12H,11,17H2. The minimum atomic E-state index is 0.529. The highest BCUT2D eigenvalue weighted by atomic mass is 16.1. The van der Waals surface area contributed by atoms with Crippen LogP contribution in [-0.4, -0.2) is 6.29 Å². The number of carbonyl (C=O) groups is 1. The lowest BCUT2D eigenvalue weighted by molar-refractivity contribution is 0.112. The van der Waals surface area contributed by atoms with Crippen LogP contribution in [-0.2, 0) is 6.54 Å². The Morgan fingerprint density at radius 3 is 2.39 bits per heavy atom. The quantitative estimate of drug-likeness (QED) is 0.641. The van der Waals surface area contributed by atoms with Crippen LogP contribution < -0.4 is 5.73 Å². The molecule has 0 atom stereocenters. The Labute approximate surface area is 106 Å². The van der Waals surface area contributed by atoms with Gasteiger partial charge in [0.05, 0.1) is 0 Å². The SMILES string of the molecule is NCc1ccc(C#Cc2ccccc2C=O)cc1. The molecule has 0 fully saturated rings. The number of benzene rings is 2. The van der Waals surface area contributed by atoms with Gasteiger partial charge in [-0.1, -0.05) is 42.2 Å². The van der Waals surface area contributed by atoms with Crippen molar-refractivity contribution in [3.8, 4) is 11.8 Å². The van der Waals surface area contributed by atoms with Gasteiger partial charge in [0.2, 0.25) is 0 Å². The predicted octanol–water partition coefficient (Wildman–Crippen LogP) is 2.36. The van der Waals surface area contributed by atoms with Gasteiger partial charge < -0.3 is 5.73 Å². The van der Waals surface area contributed by atoms with Crippen molar-refractivity contribution in [2.75, 3.05) is 0 Å². The van der Waals surface area contributed by atoms with Gasteiger partial charge in [-0.3, -0.25) is 4.79 Å². The molecule has 2 N–H and O–H groups in total. The molecule has 88 valence electrons. The third kappa shape index (κ3) is 2.85. The number of hydrogen-bond acceptors (Lipinski definition) is 2. The van der Waals surface area contributed by atoms with Crippen LogP contribution in [0.5, 0.6) is 0 Å². The highest BCUT2D eigenvalue weighted by molar-refractivity contribution is 5.79. The second-order valence-corrected chi connectivity index (χ2v) is 3.86. The maximum absolute atomic E-state index is 10.8. The molecule has 2 aromatic carbocycles. The topological polar surface area (TPSA) is 43.1 Å². The number of nitrogens with two attached hydrogens (primary N) is 1. The molecule has 18 heavy (non-hydrogen) atoms. The van der Waals surface area contributed by atoms with Crippen molar-refractivity contribution in [2.45, 2.75) is 6.54 Å². The molecule has 0 radical (unpaired) electrons. The van der Waals surface area contributed by atoms with Gasteiger partial charge in [-0.05, 0) is 23.8 Å². The summed E-state index contributed by atoms with van der Waals surface area (Å²) in [5, 5.41) is 0. The summed E-state index contributed by atoms with van der Waals surface area (Å²) in [6, 6.07) is 15.1. The average molecular weight is 235 g/mol. The summed E-state index contributed by atoms with van der Waals surface area (Å²) in [5.74, 6) is 6.04. The minimum absolute atomic E-state index is 0.529. The monoisotopic (exact) mass is 235 g/mol. The molecule has 2 rings (SSSR count). The summed E-state index contributed by atoms with van der Waals surface area (Å²) in [6.45, 7) is 0.529. The molecule has 0 unspecified atom stereocenters. The first kappa shape index (κ1) is 12.1. The van der Waals surface area contributed by atoms with Crippen LogP contribution in [0, 0.1) is 11.8 Å². The molecule has 0 bridgehead atoms. The summed E-state index contributed by atoms with van der Waals surface area (Å²) < 4.78 is 0. The molecule has 0 heterocycles. The Bertz CT molecular complexity index is 603. The maximum Gasteiger partial charge on any atom is 0.151 e. The van der Waals surface area contributed by atoms with Crippen molar-refractivity contribution in [3.05, 3.63) is 70.8 Å². The first-order valence-corrected chi connectivity index (χ1v) is 5.68. The van der Waals surface area contributed by atoms with Crippen molar-refractivity contribution in [1.29, 1.82) is 0 Å². The van der Waals surface area contributed by atoms with Crippen molar-refractivity contribution in [1.82, 2.24) is 0 Å². The summed E-state index contributed by atoms with van der Waals surface area (Å²) in [4.78, 5) is 10.8. The van der Waals surface area contributed by atoms with Gasteiger partial charge in [-0.15, -0.1) is 0 Å². The predicted molar refractivity (Wildman–Crippen MR) is 72.1 cm³/mol. The smallest absolute Gasteiger partial charge is 0.151 e. The normalized spacial score (nSPS) is 9.39. The van der Waals surface area contributed by atoms with Crippen LogP contribution in [0.4, 0.5) is 0 Å². The maximum atomic E-state index is 10.8. The Morgan fingerprint density at radius 2 is 1.72 bits per heavy atom. The molecule has 0 saturated carbocycles. The Hall–Kier alpha value is -2.37. The molecule has 2 heteroatoms. The van der Waals surface area contributed by atoms with Crippen LogP contribution in [0.15, 0.2) is 48.5 Å². The largest absolute Gasteiger partial charge is 0.326 e. The van der Waals surface area contributed by atoms with Gasteiger partial charge >= 0.3 is 0 Å². The van der Waals surface area contributed by atoms with Crippen molar-refractivity contribution >= 4 is 6.29 Å². The van der Waals surface area contributed by atoms with Gasteiger partial charge in [0, 0.05) is 23.2 Å². The van der Waals surface area contributed by atoms with Crippen LogP contribution >= 0.6 is 0 Å². The van der Waals surface area contributed by atoms with E-state index in [1.807, 2.05) is 42.5 Å². The van der Waals surface area contributed by atoms with Crippen LogP contribution in [0.2, 0.25) is 0 Å². The Morgan fingerprint density at radius 1 is 1.00 bits per heavy atom. The van der Waals surface area contributed by atoms with E-state index in [0.717, 1.165) is 23.0 Å². The highest BCUT2D eigenvalue weighted by Crippen LogP contribution is 2.06. The minimum Gasteiger partial charge on any atom is -0.326 e. The Balaban J connectivity index is 2.28. The summed E-state index contributed by atoms with van der Waals surface area (Å²) >= 11 is 0. The zero-order chi connectivity index (χ0) is 12.8. The summed E-state index contributed by atoms with van der Waals surface area (Å²) in [5.41, 5.74) is 8.88. The molecular formula is C16H13NO. The second-order valence-electron chi connectivity index (χ2n) is 3.86. The molecule has 0 amide bonds. The van der Waals surface area contributed by atoms with E-state index < -0.39 is 0 Å². The van der Waals surface area contributed by atoms with E-state index in [2.05, 4.69) is 11.8 Å². The third-order valence-electron chi connectivity index (χ3n) is 2.62. The zero-order valence-electron chi connectivity index (χ0n) is 9.89. The van der Waals surface area contributed by atoms with E-state index >= 15 is 0 Å². The molecule has 0 aliphatic carbocycles. The van der Waals surface area contributed by atoms with Crippen LogP contribution in [0.25, 0.3) is 0 Å². The number of hydrogen-bond donors (Lipinski definition) is 1. The molecule has 0 aromatic heterocycles. The number of aldehydes is 1. The lowest BCUT2D eigenvalue weighted by Crippen LogP contribution is -1.95. The molecule has 0 spiro atoms. The van der Waals surface area contributed by atoms with Gasteiger partial charge in [-0.25, -0.2) is 0 Å². The average Bonchev–Trinajstić information content (AvgIpc) is 2.46. The van der Waals surface area contributed by atoms with E-state index in [-0.39, 0.29) is 0 Å². The summed E-state index contributed by atoms with van der Waals surface area (Å²) in [7, 11) is 0. The van der Waals surface area contributed by atoms with Gasteiger partial charge in [0.1, 0.15) is 0 Å². The second kappa shape index (κ2) is 5.81. The lowest BCUT2D eigenvalue weighted by Gasteiger charge is -1.96. The van der Waals surface area contributed by atoms with Gasteiger partial charge in [0.25, 0.3) is 0 Å². The van der Waals surface area contributed by atoms with E-state index in [1.54, 1.807) is 6.07 Å². The molecule has 0 aliphatic heterocycles. The third-order valence-corrected chi connectivity index (χ3v) is 2.62. The molecule has 0 aliphatic rings. The zero-order valence-corrected chi connectivity index (χ0v) is 9.89. The van der Waals surface area contributed by atoms with Crippen molar-refractivity contribution in [3.63, 3.8) is 0 Å². The fourth-order valence-corrected chi connectivity index (χ4v) is 1.58. The van der Waals surface area contributed by atoms with Crippen LogP contribution in [0.3, 0.4) is 0 Å². The molecule has 0 saturated heterocycles. The summed E-state index contributed by atoms with van der Waals surface area (Å²) in [6.07, 6.45) is 0.821. The Kier molecular flexibility index (Phi) is 3.90. The first-order chi connectivity index (χ1) is 8.83. The fraction of sp³-hybridized carbons (Fsp3) is 0.0625. The molecule has 2 nitrogen and oxygen atoms in total. The number of rotatable bonds is 2. The fourth-order valence-electron chi connectivity index (χ4n) is 1.58. The van der Waals surface area contributed by atoms with Gasteiger partial charge in [-0.2, -0.15) is 0 Å². The van der Waals surface area contributed by atoms with Gasteiger partial charge in [0.15, 0.2) is 6.29 Å². The highest BCUT2D eigenvalue weighted by Gasteiger charge is 1.95. The van der Waals surface area contributed by atoms with Crippen LogP contribution in [0.1, 0.15) is 27.0 Å². The van der Waals surface area contributed by atoms with E-state index in [1.165, 1.54) is 0 Å².